The van der Waals surface area contributed by atoms with E-state index in [9.17, 15) is 18.3 Å². The molecular formula is C26H24IN2O5S3+. The van der Waals surface area contributed by atoms with E-state index in [1.54, 1.807) is 23.9 Å². The van der Waals surface area contributed by atoms with Crippen molar-refractivity contribution in [3.05, 3.63) is 79.1 Å². The van der Waals surface area contributed by atoms with Crippen LogP contribution >= 0.6 is 45.7 Å². The molecule has 5 rings (SSSR count). The molecule has 7 nitrogen and oxygen atoms in total. The molecule has 192 valence electrons. The number of nitrogens with zero attached hydrogens (tertiary/aromatic N) is 2. The zero-order chi connectivity index (χ0) is 26.3. The molecule has 1 aromatic heterocycles. The topological polar surface area (TPSA) is 98.8 Å². The highest BCUT2D eigenvalue weighted by molar-refractivity contribution is 14.1. The van der Waals surface area contributed by atoms with E-state index in [0.29, 0.717) is 25.0 Å². The summed E-state index contributed by atoms with van der Waals surface area (Å²) in [5.74, 6) is -0.515. The van der Waals surface area contributed by atoms with Gasteiger partial charge in [-0.1, -0.05) is 35.2 Å². The Morgan fingerprint density at radius 2 is 1.92 bits per heavy atom. The van der Waals surface area contributed by atoms with Crippen molar-refractivity contribution in [1.82, 2.24) is 0 Å². The van der Waals surface area contributed by atoms with Gasteiger partial charge in [0.2, 0.25) is 11.3 Å². The second-order valence-corrected chi connectivity index (χ2v) is 13.6. The molecule has 37 heavy (non-hydrogen) atoms. The van der Waals surface area contributed by atoms with E-state index in [2.05, 4.69) is 40.5 Å². The number of hydrogen-bond donors (Lipinski definition) is 2. The molecule has 0 atom stereocenters. The Balaban J connectivity index is 1.45. The maximum Gasteiger partial charge on any atom is 0.264 e. The molecule has 0 amide bonds. The summed E-state index contributed by atoms with van der Waals surface area (Å²) in [6, 6.07) is 14.1. The number of Topliss-reactive ketones (excluding diaryl/α,β-unsaturated/α-hetero) is 1. The normalized spacial score (nSPS) is 17.8. The van der Waals surface area contributed by atoms with Gasteiger partial charge < -0.3 is 10.0 Å². The van der Waals surface area contributed by atoms with Gasteiger partial charge in [-0.2, -0.15) is 13.0 Å². The summed E-state index contributed by atoms with van der Waals surface area (Å²) in [6.07, 6.45) is 4.34. The lowest BCUT2D eigenvalue weighted by Crippen LogP contribution is -2.36. The van der Waals surface area contributed by atoms with Gasteiger partial charge in [-0.05, 0) is 66.3 Å². The number of benzene rings is 2. The molecule has 2 heterocycles. The molecule has 1 aliphatic heterocycles. The summed E-state index contributed by atoms with van der Waals surface area (Å²) >= 11 is 5.34. The van der Waals surface area contributed by atoms with Gasteiger partial charge in [0.1, 0.15) is 10.5 Å². The first-order valence-electron chi connectivity index (χ1n) is 11.7. The molecule has 0 radical (unpaired) electrons. The van der Waals surface area contributed by atoms with Crippen molar-refractivity contribution in [2.45, 2.75) is 31.2 Å². The van der Waals surface area contributed by atoms with E-state index in [-0.39, 0.29) is 22.9 Å². The Kier molecular flexibility index (Phi) is 7.51. The molecule has 0 fully saturated rings. The number of rotatable bonds is 8. The SMILES string of the molecule is CCN1/C(=C\C2=C(O)C(=C\c3sc4cc(I)ccc4[n+]3CCCCS(=O)(=O)O)/C2=O)Sc2ccccc21. The van der Waals surface area contributed by atoms with Crippen molar-refractivity contribution in [2.75, 3.05) is 17.2 Å². The molecule has 1 aliphatic carbocycles. The number of anilines is 1. The number of allylic oxidation sites excluding steroid dienone is 3. The Morgan fingerprint density at radius 1 is 1.14 bits per heavy atom. The van der Waals surface area contributed by atoms with Crippen LogP contribution in [-0.4, -0.2) is 36.2 Å². The molecule has 0 spiro atoms. The van der Waals surface area contributed by atoms with Crippen LogP contribution < -0.4 is 9.47 Å². The van der Waals surface area contributed by atoms with E-state index in [1.807, 2.05) is 41.0 Å². The van der Waals surface area contributed by atoms with Crippen molar-refractivity contribution in [3.63, 3.8) is 0 Å². The first-order chi connectivity index (χ1) is 17.7. The number of aromatic nitrogens is 1. The van der Waals surface area contributed by atoms with Gasteiger partial charge in [-0.3, -0.25) is 9.35 Å². The number of carbonyl (C=O) groups excluding carboxylic acids is 1. The summed E-state index contributed by atoms with van der Waals surface area (Å²) in [4.78, 5) is 16.4. The van der Waals surface area contributed by atoms with Crippen LogP contribution in [-0.2, 0) is 21.5 Å². The number of fused-ring (bicyclic) bond motifs is 2. The number of halogens is 1. The smallest absolute Gasteiger partial charge is 0.264 e. The molecular weight excluding hydrogens is 643 g/mol. The van der Waals surface area contributed by atoms with Crippen molar-refractivity contribution >= 4 is 83.6 Å². The summed E-state index contributed by atoms with van der Waals surface area (Å²) < 4.78 is 35.4. The number of ketones is 1. The quantitative estimate of drug-likeness (QED) is 0.104. The molecule has 0 unspecified atom stereocenters. The lowest BCUT2D eigenvalue weighted by atomic mass is 9.88. The van der Waals surface area contributed by atoms with Crippen LogP contribution in [0.4, 0.5) is 5.69 Å². The van der Waals surface area contributed by atoms with Gasteiger partial charge in [-0.15, -0.1) is 0 Å². The minimum Gasteiger partial charge on any atom is -0.506 e. The third-order valence-electron chi connectivity index (χ3n) is 6.22. The van der Waals surface area contributed by atoms with E-state index >= 15 is 0 Å². The largest absolute Gasteiger partial charge is 0.506 e. The number of aliphatic hydroxyl groups excluding tert-OH is 1. The van der Waals surface area contributed by atoms with E-state index in [1.165, 1.54) is 11.3 Å². The predicted molar refractivity (Wildman–Crippen MR) is 156 cm³/mol. The van der Waals surface area contributed by atoms with Gasteiger partial charge in [0.25, 0.3) is 15.1 Å². The number of aliphatic hydroxyl groups is 1. The number of unbranched alkanes of at least 4 members (excludes halogenated alkanes) is 1. The molecule has 2 aliphatic rings. The van der Waals surface area contributed by atoms with Crippen LogP contribution in [0.5, 0.6) is 0 Å². The summed E-state index contributed by atoms with van der Waals surface area (Å²) in [6.45, 7) is 3.32. The van der Waals surface area contributed by atoms with Gasteiger partial charge in [0.05, 0.1) is 27.6 Å². The average Bonchev–Trinajstić information content (AvgIpc) is 3.39. The fraction of sp³-hybridized carbons (Fsp3) is 0.231. The number of aryl methyl sites for hydroxylation is 1. The number of para-hydroxylation sites is 1. The first kappa shape index (κ1) is 26.4. The number of carbonyl (C=O) groups is 1. The highest BCUT2D eigenvalue weighted by Gasteiger charge is 2.36. The van der Waals surface area contributed by atoms with Crippen molar-refractivity contribution in [2.24, 2.45) is 0 Å². The van der Waals surface area contributed by atoms with Crippen molar-refractivity contribution in [1.29, 1.82) is 0 Å². The Labute approximate surface area is 237 Å². The lowest BCUT2D eigenvalue weighted by molar-refractivity contribution is -0.669. The summed E-state index contributed by atoms with van der Waals surface area (Å²) in [5.41, 5.74) is 2.64. The molecule has 0 saturated carbocycles. The maximum absolute atomic E-state index is 13.1. The highest BCUT2D eigenvalue weighted by Crippen LogP contribution is 2.47. The van der Waals surface area contributed by atoms with Gasteiger partial charge >= 0.3 is 0 Å². The van der Waals surface area contributed by atoms with Gasteiger partial charge in [0.15, 0.2) is 6.54 Å². The van der Waals surface area contributed by atoms with E-state index in [0.717, 1.165) is 41.0 Å². The Morgan fingerprint density at radius 3 is 2.65 bits per heavy atom. The standard InChI is InChI=1S/C26H23IN2O5S3/c1-2-28-19-7-3-4-8-21(19)35-23(28)14-17-25(30)18(26(17)31)15-24-29(11-5-6-12-37(32,33)34)20-10-9-16(27)13-22(20)36-24/h3-4,7-10,13-15H,2,5-6,11-12H2,1H3,(H-,30,31,32,33,34)/p+1. The number of thiazole rings is 1. The van der Waals surface area contributed by atoms with Crippen LogP contribution in [0.1, 0.15) is 24.8 Å². The Hall–Kier alpha value is -2.19. The minimum atomic E-state index is -4.01. The van der Waals surface area contributed by atoms with Gasteiger partial charge in [-0.25, -0.2) is 0 Å². The van der Waals surface area contributed by atoms with E-state index < -0.39 is 10.1 Å². The molecule has 2 aromatic carbocycles. The van der Waals surface area contributed by atoms with E-state index in [4.69, 9.17) is 4.55 Å². The minimum absolute atomic E-state index is 0.0185. The fourth-order valence-electron chi connectivity index (χ4n) is 4.42. The third kappa shape index (κ3) is 5.37. The van der Waals surface area contributed by atoms with Gasteiger partial charge in [0, 0.05) is 33.6 Å². The van der Waals surface area contributed by atoms with Crippen LogP contribution in [0.25, 0.3) is 16.3 Å². The molecule has 0 bridgehead atoms. The molecule has 2 N–H and O–H groups in total. The fourth-order valence-corrected chi connectivity index (χ4v) is 8.03. The second kappa shape index (κ2) is 10.5. The summed E-state index contributed by atoms with van der Waals surface area (Å²) in [5, 5.41) is 12.6. The van der Waals surface area contributed by atoms with Crippen LogP contribution in [0, 0.1) is 3.57 Å². The highest BCUT2D eigenvalue weighted by atomic mass is 127. The zero-order valence-corrected chi connectivity index (χ0v) is 24.5. The maximum atomic E-state index is 13.1. The number of hydrogen-bond acceptors (Lipinski definition) is 7. The van der Waals surface area contributed by atoms with Crippen LogP contribution in [0.3, 0.4) is 0 Å². The molecule has 11 heteroatoms. The second-order valence-electron chi connectivity index (χ2n) is 8.64. The average molecular weight is 668 g/mol. The molecule has 0 saturated heterocycles. The Bertz CT molecular complexity index is 1620. The number of thioether (sulfide) groups is 1. The predicted octanol–water partition coefficient (Wildman–Crippen LogP) is 5.71. The summed E-state index contributed by atoms with van der Waals surface area (Å²) in [7, 11) is -4.01. The monoisotopic (exact) mass is 667 g/mol. The third-order valence-corrected chi connectivity index (χ3v) is 9.90. The zero-order valence-electron chi connectivity index (χ0n) is 19.8. The molecule has 3 aromatic rings. The first-order valence-corrected chi connectivity index (χ1v) is 16.0. The van der Waals surface area contributed by atoms with Crippen molar-refractivity contribution in [3.8, 4) is 0 Å². The van der Waals surface area contributed by atoms with Crippen molar-refractivity contribution < 1.29 is 27.4 Å². The van der Waals surface area contributed by atoms with Crippen LogP contribution in [0.2, 0.25) is 0 Å². The van der Waals surface area contributed by atoms with Crippen LogP contribution in [0.15, 0.2) is 75.4 Å². The lowest BCUT2D eigenvalue weighted by Gasteiger charge is -2.22.